The largest absolute Gasteiger partial charge is 0.342 e. The fourth-order valence-corrected chi connectivity index (χ4v) is 4.40. The number of thioether (sulfide) groups is 1. The topological polar surface area (TPSA) is 26.8 Å². The summed E-state index contributed by atoms with van der Waals surface area (Å²) in [6.07, 6.45) is 3.56. The van der Waals surface area contributed by atoms with Crippen LogP contribution >= 0.6 is 11.8 Å². The lowest BCUT2D eigenvalue weighted by molar-refractivity contribution is -0.133. The first-order valence-corrected chi connectivity index (χ1v) is 10.3. The van der Waals surface area contributed by atoms with Gasteiger partial charge in [-0.3, -0.25) is 14.6 Å². The number of amides is 1. The number of likely N-dealkylation sites (tertiary alicyclic amines) is 1. The maximum atomic E-state index is 13.6. The molecule has 2 aliphatic rings. The molecule has 2 aliphatic heterocycles. The SMILES string of the molecule is O=C(CN1CCN(CCSc2ccccc2F)CC1)N1CCCCC1. The number of nitrogens with zero attached hydrogens (tertiary/aromatic N) is 3. The summed E-state index contributed by atoms with van der Waals surface area (Å²) >= 11 is 1.58. The van der Waals surface area contributed by atoms with Gasteiger partial charge in [-0.15, -0.1) is 11.8 Å². The average Bonchev–Trinajstić information content (AvgIpc) is 2.65. The number of piperidine rings is 1. The van der Waals surface area contributed by atoms with Crippen LogP contribution in [0.5, 0.6) is 0 Å². The number of hydrogen-bond acceptors (Lipinski definition) is 4. The molecule has 0 aliphatic carbocycles. The summed E-state index contributed by atoms with van der Waals surface area (Å²) in [7, 11) is 0. The fraction of sp³-hybridized carbons (Fsp3) is 0.632. The molecule has 0 bridgehead atoms. The second kappa shape index (κ2) is 9.55. The number of benzene rings is 1. The Kier molecular flexibility index (Phi) is 7.13. The molecule has 0 unspecified atom stereocenters. The molecule has 0 N–H and O–H groups in total. The summed E-state index contributed by atoms with van der Waals surface area (Å²) in [5.74, 6) is 1.06. The van der Waals surface area contributed by atoms with E-state index in [0.717, 1.165) is 69.3 Å². The molecule has 6 heteroatoms. The van der Waals surface area contributed by atoms with Gasteiger partial charge in [0.05, 0.1) is 6.54 Å². The van der Waals surface area contributed by atoms with E-state index in [1.165, 1.54) is 12.5 Å². The van der Waals surface area contributed by atoms with Crippen molar-refractivity contribution in [3.8, 4) is 0 Å². The molecule has 0 radical (unpaired) electrons. The molecule has 2 fully saturated rings. The van der Waals surface area contributed by atoms with Crippen molar-refractivity contribution in [2.45, 2.75) is 24.2 Å². The van der Waals surface area contributed by atoms with Gasteiger partial charge >= 0.3 is 0 Å². The predicted octanol–water partition coefficient (Wildman–Crippen LogP) is 2.55. The quantitative estimate of drug-likeness (QED) is 0.724. The van der Waals surface area contributed by atoms with Crippen molar-refractivity contribution in [3.63, 3.8) is 0 Å². The first kappa shape index (κ1) is 18.7. The number of halogens is 1. The van der Waals surface area contributed by atoms with Gasteiger partial charge in [-0.1, -0.05) is 12.1 Å². The van der Waals surface area contributed by atoms with Crippen LogP contribution < -0.4 is 0 Å². The van der Waals surface area contributed by atoms with E-state index in [1.807, 2.05) is 17.0 Å². The van der Waals surface area contributed by atoms with E-state index in [-0.39, 0.29) is 5.82 Å². The molecule has 138 valence electrons. The van der Waals surface area contributed by atoms with Gasteiger partial charge in [0.25, 0.3) is 0 Å². The summed E-state index contributed by atoms with van der Waals surface area (Å²) in [5.41, 5.74) is 0. The fourth-order valence-electron chi connectivity index (χ4n) is 3.45. The zero-order valence-electron chi connectivity index (χ0n) is 14.8. The third kappa shape index (κ3) is 5.69. The maximum absolute atomic E-state index is 13.6. The van der Waals surface area contributed by atoms with Crippen LogP contribution in [-0.2, 0) is 4.79 Å². The Labute approximate surface area is 154 Å². The van der Waals surface area contributed by atoms with Gasteiger partial charge in [-0.05, 0) is 31.4 Å². The van der Waals surface area contributed by atoms with Crippen molar-refractivity contribution in [3.05, 3.63) is 30.1 Å². The first-order valence-electron chi connectivity index (χ1n) is 9.32. The molecule has 0 aromatic heterocycles. The average molecular weight is 366 g/mol. The highest BCUT2D eigenvalue weighted by Crippen LogP contribution is 2.21. The number of hydrogen-bond donors (Lipinski definition) is 0. The van der Waals surface area contributed by atoms with Crippen molar-refractivity contribution in [2.24, 2.45) is 0 Å². The molecular weight excluding hydrogens is 337 g/mol. The van der Waals surface area contributed by atoms with E-state index in [0.29, 0.717) is 12.5 Å². The molecule has 4 nitrogen and oxygen atoms in total. The van der Waals surface area contributed by atoms with Gasteiger partial charge in [0.1, 0.15) is 5.82 Å². The highest BCUT2D eigenvalue weighted by atomic mass is 32.2. The van der Waals surface area contributed by atoms with Crippen molar-refractivity contribution in [1.82, 2.24) is 14.7 Å². The van der Waals surface area contributed by atoms with Gasteiger partial charge in [-0.25, -0.2) is 4.39 Å². The molecule has 3 rings (SSSR count). The van der Waals surface area contributed by atoms with Gasteiger partial charge in [0.15, 0.2) is 0 Å². The van der Waals surface area contributed by atoms with Gasteiger partial charge in [0, 0.05) is 56.5 Å². The number of rotatable bonds is 6. The zero-order chi connectivity index (χ0) is 17.5. The normalized spacial score (nSPS) is 20.0. The minimum Gasteiger partial charge on any atom is -0.342 e. The second-order valence-corrected chi connectivity index (χ2v) is 7.97. The molecule has 1 aromatic carbocycles. The smallest absolute Gasteiger partial charge is 0.236 e. The molecular formula is C19H28FN3OS. The Bertz CT molecular complexity index is 557. The molecule has 1 aromatic rings. The molecule has 25 heavy (non-hydrogen) atoms. The third-order valence-electron chi connectivity index (χ3n) is 5.03. The Morgan fingerprint density at radius 3 is 2.36 bits per heavy atom. The standard InChI is InChI=1S/C19H28FN3OS/c20-17-6-2-3-7-18(17)25-15-14-21-10-12-22(13-11-21)16-19(24)23-8-4-1-5-9-23/h2-3,6-7H,1,4-5,8-16H2. The van der Waals surface area contributed by atoms with E-state index < -0.39 is 0 Å². The Morgan fingerprint density at radius 1 is 0.960 bits per heavy atom. The number of carbonyl (C=O) groups excluding carboxylic acids is 1. The van der Waals surface area contributed by atoms with Crippen molar-refractivity contribution in [1.29, 1.82) is 0 Å². The van der Waals surface area contributed by atoms with Crippen LogP contribution in [0.2, 0.25) is 0 Å². The Morgan fingerprint density at radius 2 is 1.64 bits per heavy atom. The molecule has 2 heterocycles. The van der Waals surface area contributed by atoms with Crippen LogP contribution in [0.15, 0.2) is 29.2 Å². The number of piperazine rings is 1. The molecule has 0 spiro atoms. The molecule has 0 atom stereocenters. The van der Waals surface area contributed by atoms with Crippen molar-refractivity contribution >= 4 is 17.7 Å². The second-order valence-electron chi connectivity index (χ2n) is 6.84. The van der Waals surface area contributed by atoms with E-state index in [2.05, 4.69) is 9.80 Å². The van der Waals surface area contributed by atoms with E-state index in [4.69, 9.17) is 0 Å². The maximum Gasteiger partial charge on any atom is 0.236 e. The Balaban J connectivity index is 1.33. The minimum absolute atomic E-state index is 0.131. The van der Waals surface area contributed by atoms with Crippen LogP contribution in [0.3, 0.4) is 0 Å². The first-order chi connectivity index (χ1) is 12.2. The van der Waals surface area contributed by atoms with E-state index >= 15 is 0 Å². The highest BCUT2D eigenvalue weighted by Gasteiger charge is 2.22. The lowest BCUT2D eigenvalue weighted by Gasteiger charge is -2.36. The summed E-state index contributed by atoms with van der Waals surface area (Å²) < 4.78 is 13.6. The zero-order valence-corrected chi connectivity index (χ0v) is 15.6. The molecule has 0 saturated carbocycles. The van der Waals surface area contributed by atoms with Crippen LogP contribution in [0.25, 0.3) is 0 Å². The summed E-state index contributed by atoms with van der Waals surface area (Å²) in [6.45, 7) is 7.28. The predicted molar refractivity (Wildman–Crippen MR) is 100 cm³/mol. The molecule has 2 saturated heterocycles. The van der Waals surface area contributed by atoms with Gasteiger partial charge < -0.3 is 4.90 Å². The van der Waals surface area contributed by atoms with Crippen molar-refractivity contribution < 1.29 is 9.18 Å². The third-order valence-corrected chi connectivity index (χ3v) is 6.06. The van der Waals surface area contributed by atoms with Gasteiger partial charge in [-0.2, -0.15) is 0 Å². The monoisotopic (exact) mass is 365 g/mol. The van der Waals surface area contributed by atoms with Crippen LogP contribution in [0, 0.1) is 5.82 Å². The lowest BCUT2D eigenvalue weighted by Crippen LogP contribution is -2.51. The summed E-state index contributed by atoms with van der Waals surface area (Å²) in [6, 6.07) is 6.96. The summed E-state index contributed by atoms with van der Waals surface area (Å²) in [5, 5.41) is 0. The van der Waals surface area contributed by atoms with Crippen molar-refractivity contribution in [2.75, 3.05) is 58.1 Å². The number of carbonyl (C=O) groups is 1. The lowest BCUT2D eigenvalue weighted by atomic mass is 10.1. The minimum atomic E-state index is -0.131. The highest BCUT2D eigenvalue weighted by molar-refractivity contribution is 7.99. The molecule has 1 amide bonds. The van der Waals surface area contributed by atoms with Crippen LogP contribution in [0.1, 0.15) is 19.3 Å². The van der Waals surface area contributed by atoms with Crippen LogP contribution in [-0.4, -0.2) is 78.7 Å². The van der Waals surface area contributed by atoms with Gasteiger partial charge in [0.2, 0.25) is 5.91 Å². The van der Waals surface area contributed by atoms with E-state index in [9.17, 15) is 9.18 Å². The Hall–Kier alpha value is -1.11. The van der Waals surface area contributed by atoms with Crippen LogP contribution in [0.4, 0.5) is 4.39 Å². The van der Waals surface area contributed by atoms with E-state index in [1.54, 1.807) is 17.8 Å². The summed E-state index contributed by atoms with van der Waals surface area (Å²) in [4.78, 5) is 19.8.